The van der Waals surface area contributed by atoms with E-state index in [1.807, 2.05) is 30.3 Å². The molecule has 2 amide bonds. The van der Waals surface area contributed by atoms with Gasteiger partial charge in [0, 0.05) is 28.6 Å². The van der Waals surface area contributed by atoms with Gasteiger partial charge in [-0.05, 0) is 65.4 Å². The van der Waals surface area contributed by atoms with Crippen LogP contribution in [0.1, 0.15) is 18.1 Å². The van der Waals surface area contributed by atoms with E-state index in [0.29, 0.717) is 12.2 Å². The SMILES string of the molecule is CCNC(=O)[C@H](Cc1ccccc1)N(Cc1ccccc1F)C(=O)CN(c1ccc(I)cc1)S(C)(=O)=O. The third kappa shape index (κ3) is 8.00. The lowest BCUT2D eigenvalue weighted by Gasteiger charge is -2.33. The van der Waals surface area contributed by atoms with Crippen LogP contribution in [0.25, 0.3) is 0 Å². The molecular formula is C27H29FIN3O4S. The molecule has 0 aliphatic carbocycles. The van der Waals surface area contributed by atoms with Crippen molar-refractivity contribution in [1.82, 2.24) is 10.2 Å². The minimum atomic E-state index is -3.85. The fourth-order valence-corrected chi connectivity index (χ4v) is 5.09. The van der Waals surface area contributed by atoms with Gasteiger partial charge in [0.25, 0.3) is 0 Å². The summed E-state index contributed by atoms with van der Waals surface area (Å²) in [6, 6.07) is 20.9. The first kappa shape index (κ1) is 28.6. The standard InChI is InChI=1S/C27H29FIN3O4S/c1-3-30-27(34)25(17-20-9-5-4-6-10-20)31(18-21-11-7-8-12-24(21)28)26(33)19-32(37(2,35)36)23-15-13-22(29)14-16-23/h4-16,25H,3,17-19H2,1-2H3,(H,30,34)/t25-/m0/s1. The van der Waals surface area contributed by atoms with Crippen LogP contribution in [-0.4, -0.2) is 50.5 Å². The molecule has 0 heterocycles. The Morgan fingerprint density at radius 2 is 1.59 bits per heavy atom. The summed E-state index contributed by atoms with van der Waals surface area (Å²) in [4.78, 5) is 28.3. The summed E-state index contributed by atoms with van der Waals surface area (Å²) >= 11 is 2.10. The van der Waals surface area contributed by atoms with Gasteiger partial charge in [0.05, 0.1) is 11.9 Å². The number of amides is 2. The van der Waals surface area contributed by atoms with Gasteiger partial charge in [0.1, 0.15) is 18.4 Å². The van der Waals surface area contributed by atoms with Gasteiger partial charge in [-0.2, -0.15) is 0 Å². The highest BCUT2D eigenvalue weighted by Crippen LogP contribution is 2.22. The smallest absolute Gasteiger partial charge is 0.244 e. The molecule has 0 aliphatic rings. The number of hydrogen-bond acceptors (Lipinski definition) is 4. The van der Waals surface area contributed by atoms with E-state index in [2.05, 4.69) is 27.9 Å². The van der Waals surface area contributed by atoms with Crippen molar-refractivity contribution in [2.24, 2.45) is 0 Å². The van der Waals surface area contributed by atoms with Crippen molar-refractivity contribution in [3.8, 4) is 0 Å². The van der Waals surface area contributed by atoms with Crippen molar-refractivity contribution < 1.29 is 22.4 Å². The number of hydrogen-bond donors (Lipinski definition) is 1. The molecule has 1 atom stereocenters. The van der Waals surface area contributed by atoms with E-state index in [-0.39, 0.29) is 18.5 Å². The molecule has 0 bridgehead atoms. The van der Waals surface area contributed by atoms with Crippen LogP contribution in [0.2, 0.25) is 0 Å². The van der Waals surface area contributed by atoms with Gasteiger partial charge in [-0.3, -0.25) is 13.9 Å². The Labute approximate surface area is 230 Å². The second-order valence-corrected chi connectivity index (χ2v) is 11.6. The molecule has 0 spiro atoms. The lowest BCUT2D eigenvalue weighted by molar-refractivity contribution is -0.140. The third-order valence-corrected chi connectivity index (χ3v) is 7.57. The largest absolute Gasteiger partial charge is 0.355 e. The van der Waals surface area contributed by atoms with E-state index in [1.54, 1.807) is 49.4 Å². The zero-order valence-electron chi connectivity index (χ0n) is 20.6. The molecular weight excluding hydrogens is 608 g/mol. The minimum absolute atomic E-state index is 0.176. The summed E-state index contributed by atoms with van der Waals surface area (Å²) in [5, 5.41) is 2.76. The van der Waals surface area contributed by atoms with Gasteiger partial charge >= 0.3 is 0 Å². The third-order valence-electron chi connectivity index (χ3n) is 5.71. The van der Waals surface area contributed by atoms with Gasteiger partial charge in [-0.25, -0.2) is 12.8 Å². The summed E-state index contributed by atoms with van der Waals surface area (Å²) in [5.41, 5.74) is 1.35. The average molecular weight is 638 g/mol. The van der Waals surface area contributed by atoms with Crippen LogP contribution in [0.3, 0.4) is 0 Å². The Bertz CT molecular complexity index is 1320. The second kappa shape index (κ2) is 13.0. The molecule has 3 rings (SSSR count). The first-order valence-corrected chi connectivity index (χ1v) is 14.6. The summed E-state index contributed by atoms with van der Waals surface area (Å²) in [6.07, 6.45) is 1.19. The van der Waals surface area contributed by atoms with Gasteiger partial charge in [0.2, 0.25) is 21.8 Å². The maximum atomic E-state index is 14.7. The average Bonchev–Trinajstić information content (AvgIpc) is 2.86. The number of anilines is 1. The zero-order chi connectivity index (χ0) is 27.0. The molecule has 0 radical (unpaired) electrons. The number of carbonyl (C=O) groups is 2. The molecule has 196 valence electrons. The Balaban J connectivity index is 2.04. The Morgan fingerprint density at radius 3 is 2.19 bits per heavy atom. The molecule has 0 aromatic heterocycles. The number of sulfonamides is 1. The lowest BCUT2D eigenvalue weighted by atomic mass is 10.0. The zero-order valence-corrected chi connectivity index (χ0v) is 23.6. The molecule has 7 nitrogen and oxygen atoms in total. The maximum absolute atomic E-state index is 14.7. The normalized spacial score (nSPS) is 12.0. The fraction of sp³-hybridized carbons (Fsp3) is 0.259. The molecule has 1 N–H and O–H groups in total. The number of benzene rings is 3. The van der Waals surface area contributed by atoms with Gasteiger partial charge in [0.15, 0.2) is 0 Å². The van der Waals surface area contributed by atoms with E-state index in [9.17, 15) is 22.4 Å². The molecule has 3 aromatic carbocycles. The summed E-state index contributed by atoms with van der Waals surface area (Å²) in [6.45, 7) is 1.36. The fourth-order valence-electron chi connectivity index (χ4n) is 3.88. The molecule has 0 aliphatic heterocycles. The van der Waals surface area contributed by atoms with Crippen LogP contribution < -0.4 is 9.62 Å². The first-order chi connectivity index (χ1) is 17.6. The Hall–Kier alpha value is -2.99. The monoisotopic (exact) mass is 637 g/mol. The molecule has 0 fully saturated rings. The van der Waals surface area contributed by atoms with Crippen LogP contribution in [0.15, 0.2) is 78.9 Å². The number of nitrogens with zero attached hydrogens (tertiary/aromatic N) is 2. The molecule has 37 heavy (non-hydrogen) atoms. The van der Waals surface area contributed by atoms with Crippen molar-refractivity contribution in [2.45, 2.75) is 25.9 Å². The molecule has 0 saturated carbocycles. The first-order valence-electron chi connectivity index (χ1n) is 11.7. The summed E-state index contributed by atoms with van der Waals surface area (Å²) < 4.78 is 42.0. The van der Waals surface area contributed by atoms with Crippen LogP contribution in [0, 0.1) is 9.39 Å². The van der Waals surface area contributed by atoms with Crippen molar-refractivity contribution >= 4 is 50.1 Å². The van der Waals surface area contributed by atoms with Crippen molar-refractivity contribution in [3.05, 3.63) is 99.4 Å². The van der Waals surface area contributed by atoms with E-state index >= 15 is 0 Å². The van der Waals surface area contributed by atoms with Gasteiger partial charge < -0.3 is 10.2 Å². The van der Waals surface area contributed by atoms with E-state index in [1.165, 1.54) is 11.0 Å². The van der Waals surface area contributed by atoms with E-state index in [4.69, 9.17) is 0 Å². The Kier molecular flexibility index (Phi) is 10.0. The number of rotatable bonds is 11. The van der Waals surface area contributed by atoms with E-state index in [0.717, 1.165) is 19.7 Å². The van der Waals surface area contributed by atoms with Crippen LogP contribution in [0.5, 0.6) is 0 Å². The van der Waals surface area contributed by atoms with Crippen LogP contribution in [0.4, 0.5) is 10.1 Å². The molecule has 0 saturated heterocycles. The molecule has 3 aromatic rings. The predicted octanol–water partition coefficient (Wildman–Crippen LogP) is 3.97. The number of likely N-dealkylation sites (N-methyl/N-ethyl adjacent to an activating group) is 1. The predicted molar refractivity (Wildman–Crippen MR) is 151 cm³/mol. The maximum Gasteiger partial charge on any atom is 0.244 e. The Morgan fingerprint density at radius 1 is 0.973 bits per heavy atom. The van der Waals surface area contributed by atoms with Crippen molar-refractivity contribution in [3.63, 3.8) is 0 Å². The highest BCUT2D eigenvalue weighted by atomic mass is 127. The topological polar surface area (TPSA) is 86.8 Å². The number of carbonyl (C=O) groups excluding carboxylic acids is 2. The van der Waals surface area contributed by atoms with Crippen LogP contribution >= 0.6 is 22.6 Å². The van der Waals surface area contributed by atoms with Crippen molar-refractivity contribution in [2.75, 3.05) is 23.7 Å². The lowest BCUT2D eigenvalue weighted by Crippen LogP contribution is -2.53. The summed E-state index contributed by atoms with van der Waals surface area (Å²) in [5.74, 6) is -1.55. The summed E-state index contributed by atoms with van der Waals surface area (Å²) in [7, 11) is -3.85. The van der Waals surface area contributed by atoms with Crippen LogP contribution in [-0.2, 0) is 32.6 Å². The number of halogens is 2. The second-order valence-electron chi connectivity index (χ2n) is 8.46. The van der Waals surface area contributed by atoms with E-state index < -0.39 is 40.2 Å². The minimum Gasteiger partial charge on any atom is -0.355 e. The molecule has 0 unspecified atom stereocenters. The van der Waals surface area contributed by atoms with Crippen molar-refractivity contribution in [1.29, 1.82) is 0 Å². The number of nitrogens with one attached hydrogen (secondary N) is 1. The molecule has 10 heteroatoms. The van der Waals surface area contributed by atoms with Gasteiger partial charge in [-0.15, -0.1) is 0 Å². The highest BCUT2D eigenvalue weighted by Gasteiger charge is 2.33. The quantitative estimate of drug-likeness (QED) is 0.323. The van der Waals surface area contributed by atoms with Gasteiger partial charge in [-0.1, -0.05) is 48.5 Å². The highest BCUT2D eigenvalue weighted by molar-refractivity contribution is 14.1.